The van der Waals surface area contributed by atoms with Gasteiger partial charge in [-0.15, -0.1) is 0 Å². The van der Waals surface area contributed by atoms with Crippen LogP contribution in [0.5, 0.6) is 0 Å². The minimum Gasteiger partial charge on any atom is -0.401 e. The van der Waals surface area contributed by atoms with Crippen molar-refractivity contribution in [3.63, 3.8) is 0 Å². The number of methoxy groups -OCH3 is 1. The van der Waals surface area contributed by atoms with Crippen LogP contribution in [0.3, 0.4) is 0 Å². The normalized spacial score (nSPS) is 13.6. The molecule has 0 aliphatic rings. The van der Waals surface area contributed by atoms with E-state index in [-0.39, 0.29) is 17.6 Å². The number of benzene rings is 2. The fourth-order valence-corrected chi connectivity index (χ4v) is 3.81. The van der Waals surface area contributed by atoms with Gasteiger partial charge < -0.3 is 15.5 Å². The molecule has 5 heteroatoms. The van der Waals surface area contributed by atoms with Gasteiger partial charge >= 0.3 is 0 Å². The summed E-state index contributed by atoms with van der Waals surface area (Å²) in [6, 6.07) is 16.3. The van der Waals surface area contributed by atoms with E-state index >= 15 is 0 Å². The molecule has 0 aliphatic heterocycles. The van der Waals surface area contributed by atoms with E-state index in [0.29, 0.717) is 26.0 Å². The maximum Gasteiger partial charge on any atom is 0.140 e. The van der Waals surface area contributed by atoms with E-state index in [1.54, 1.807) is 18.3 Å². The lowest BCUT2D eigenvalue weighted by molar-refractivity contribution is -0.122. The summed E-state index contributed by atoms with van der Waals surface area (Å²) < 4.78 is 5.37. The van der Waals surface area contributed by atoms with E-state index in [1.807, 2.05) is 44.2 Å². The molecule has 2 atom stereocenters. The van der Waals surface area contributed by atoms with E-state index in [2.05, 4.69) is 25.1 Å². The molecule has 0 radical (unpaired) electrons. The lowest BCUT2D eigenvalue weighted by Crippen LogP contribution is -2.26. The second-order valence-corrected chi connectivity index (χ2v) is 8.22. The quantitative estimate of drug-likeness (QED) is 0.389. The van der Waals surface area contributed by atoms with E-state index in [0.717, 1.165) is 28.8 Å². The highest BCUT2D eigenvalue weighted by Crippen LogP contribution is 2.33. The first-order chi connectivity index (χ1) is 14.8. The smallest absolute Gasteiger partial charge is 0.140 e. The molecule has 2 aromatic carbocycles. The number of allylic oxidation sites excluding steroid dienone is 1. The summed E-state index contributed by atoms with van der Waals surface area (Å²) in [6.45, 7) is 7.33. The molecule has 2 aromatic rings. The molecule has 2 rings (SSSR count). The third-order valence-corrected chi connectivity index (χ3v) is 5.87. The molecule has 0 saturated carbocycles. The zero-order valence-electron chi connectivity index (χ0n) is 19.3. The highest BCUT2D eigenvalue weighted by atomic mass is 16.5. The molecule has 4 N–H and O–H groups in total. The number of hydrazine groups is 1. The van der Waals surface area contributed by atoms with Gasteiger partial charge in [0.15, 0.2) is 0 Å². The molecule has 0 aromatic heterocycles. The molecule has 2 unspecified atom stereocenters. The maximum absolute atomic E-state index is 13.2. The number of Topliss-reactive ketones (excluding diaryl/α,β-unsaturated/α-hetero) is 1. The largest absolute Gasteiger partial charge is 0.401 e. The summed E-state index contributed by atoms with van der Waals surface area (Å²) in [5.74, 6) is 6.03. The van der Waals surface area contributed by atoms with Crippen LogP contribution in [0.2, 0.25) is 0 Å². The van der Waals surface area contributed by atoms with Gasteiger partial charge in [0.25, 0.3) is 0 Å². The first-order valence-electron chi connectivity index (χ1n) is 11.0. The van der Waals surface area contributed by atoms with Crippen LogP contribution in [0.25, 0.3) is 0 Å². The molecule has 5 nitrogen and oxygen atoms in total. The molecular weight excluding hydrogens is 386 g/mol. The number of rotatable bonds is 12. The van der Waals surface area contributed by atoms with Crippen LogP contribution in [0.1, 0.15) is 54.9 Å². The van der Waals surface area contributed by atoms with Crippen LogP contribution >= 0.6 is 0 Å². The van der Waals surface area contributed by atoms with E-state index in [4.69, 9.17) is 16.3 Å². The Bertz CT molecular complexity index is 864. The number of nitrogens with two attached hydrogens (primary N) is 2. The minimum absolute atomic E-state index is 0.0622. The molecule has 31 heavy (non-hydrogen) atoms. The summed E-state index contributed by atoms with van der Waals surface area (Å²) in [7, 11) is 1.70. The predicted octanol–water partition coefficient (Wildman–Crippen LogP) is 4.45. The van der Waals surface area contributed by atoms with Crippen LogP contribution in [-0.2, 0) is 22.6 Å². The van der Waals surface area contributed by atoms with Crippen LogP contribution < -0.4 is 11.6 Å². The second kappa shape index (κ2) is 12.3. The number of ether oxygens (including phenoxy) is 1. The Morgan fingerprint density at radius 3 is 2.55 bits per heavy atom. The average molecular weight is 424 g/mol. The summed E-state index contributed by atoms with van der Waals surface area (Å²) in [5.41, 5.74) is 11.5. The molecule has 0 saturated heterocycles. The van der Waals surface area contributed by atoms with Gasteiger partial charge in [-0.25, -0.2) is 5.84 Å². The summed E-state index contributed by atoms with van der Waals surface area (Å²) in [6.07, 6.45) is 3.66. The van der Waals surface area contributed by atoms with Crippen molar-refractivity contribution in [3.8, 4) is 0 Å². The van der Waals surface area contributed by atoms with Crippen molar-refractivity contribution < 1.29 is 9.53 Å². The van der Waals surface area contributed by atoms with Gasteiger partial charge in [0, 0.05) is 37.9 Å². The van der Waals surface area contributed by atoms with Crippen molar-refractivity contribution in [2.75, 3.05) is 13.7 Å². The second-order valence-electron chi connectivity index (χ2n) is 8.22. The Balaban J connectivity index is 2.27. The summed E-state index contributed by atoms with van der Waals surface area (Å²) >= 11 is 0. The fraction of sp³-hybridized carbons (Fsp3) is 0.423. The van der Waals surface area contributed by atoms with E-state index in [1.165, 1.54) is 5.56 Å². The molecule has 0 bridgehead atoms. The van der Waals surface area contributed by atoms with Gasteiger partial charge in [-0.2, -0.15) is 0 Å². The molecule has 0 amide bonds. The van der Waals surface area contributed by atoms with Crippen LogP contribution in [0.4, 0.5) is 0 Å². The van der Waals surface area contributed by atoms with Crippen molar-refractivity contribution in [2.24, 2.45) is 17.5 Å². The van der Waals surface area contributed by atoms with Crippen molar-refractivity contribution in [2.45, 2.75) is 52.6 Å². The Labute approximate surface area is 187 Å². The Morgan fingerprint density at radius 2 is 1.90 bits per heavy atom. The first kappa shape index (κ1) is 24.6. The van der Waals surface area contributed by atoms with Crippen molar-refractivity contribution >= 4 is 5.78 Å². The average Bonchev–Trinajstić information content (AvgIpc) is 2.76. The highest BCUT2D eigenvalue weighted by molar-refractivity contribution is 5.83. The Kier molecular flexibility index (Phi) is 9.76. The molecule has 0 spiro atoms. The highest BCUT2D eigenvalue weighted by Gasteiger charge is 2.26. The van der Waals surface area contributed by atoms with Crippen molar-refractivity contribution in [3.05, 3.63) is 82.7 Å². The van der Waals surface area contributed by atoms with E-state index < -0.39 is 0 Å². The zero-order chi connectivity index (χ0) is 22.8. The van der Waals surface area contributed by atoms with Gasteiger partial charge in [0.1, 0.15) is 5.78 Å². The van der Waals surface area contributed by atoms with Crippen LogP contribution in [0.15, 0.2) is 60.4 Å². The number of hydrogen-bond acceptors (Lipinski definition) is 5. The monoisotopic (exact) mass is 423 g/mol. The number of ketones is 1. The number of hydrogen-bond donors (Lipinski definition) is 2. The number of carbonyl (C=O) groups is 1. The lowest BCUT2D eigenvalue weighted by atomic mass is 9.79. The lowest BCUT2D eigenvalue weighted by Gasteiger charge is -2.25. The number of nitrogens with zero attached hydrogens (tertiary/aromatic N) is 1. The van der Waals surface area contributed by atoms with Gasteiger partial charge in [-0.1, -0.05) is 55.5 Å². The SMILES string of the molecule is CCN(N)/C=C(\N)CCC(c1ccc(C)c(COC)c1)C(C)C(=O)Cc1ccccc1. The van der Waals surface area contributed by atoms with Gasteiger partial charge in [0.05, 0.1) is 6.61 Å². The van der Waals surface area contributed by atoms with Gasteiger partial charge in [-0.05, 0) is 54.9 Å². The Hall–Kier alpha value is -2.63. The topological polar surface area (TPSA) is 81.6 Å². The minimum atomic E-state index is -0.133. The molecule has 168 valence electrons. The predicted molar refractivity (Wildman–Crippen MR) is 127 cm³/mol. The molecular formula is C26H37N3O2. The summed E-state index contributed by atoms with van der Waals surface area (Å²) in [4.78, 5) is 13.2. The first-order valence-corrected chi connectivity index (χ1v) is 11.0. The van der Waals surface area contributed by atoms with Crippen LogP contribution in [-0.4, -0.2) is 24.4 Å². The van der Waals surface area contributed by atoms with Gasteiger partial charge in [-0.3, -0.25) is 4.79 Å². The van der Waals surface area contributed by atoms with Gasteiger partial charge in [0.2, 0.25) is 0 Å². The number of aryl methyl sites for hydroxylation is 1. The van der Waals surface area contributed by atoms with E-state index in [9.17, 15) is 4.79 Å². The Morgan fingerprint density at radius 1 is 1.19 bits per heavy atom. The molecule has 0 aliphatic carbocycles. The standard InChI is InChI=1S/C26H37N3O2/c1-5-29(28)17-24(27)13-14-25(22-12-11-19(2)23(16-22)18-31-4)20(3)26(30)15-21-9-7-6-8-10-21/h6-12,16-17,20,25H,5,13-15,18,27-28H2,1-4H3/b24-17-. The summed E-state index contributed by atoms with van der Waals surface area (Å²) in [5, 5.41) is 1.58. The molecule has 0 heterocycles. The van der Waals surface area contributed by atoms with Crippen LogP contribution in [0, 0.1) is 12.8 Å². The molecule has 0 fully saturated rings. The fourth-order valence-electron chi connectivity index (χ4n) is 3.81. The van der Waals surface area contributed by atoms with Crippen molar-refractivity contribution in [1.29, 1.82) is 0 Å². The third-order valence-electron chi connectivity index (χ3n) is 5.87. The number of carbonyl (C=O) groups excluding carboxylic acids is 1. The maximum atomic E-state index is 13.2. The van der Waals surface area contributed by atoms with Crippen molar-refractivity contribution in [1.82, 2.24) is 5.01 Å². The zero-order valence-corrected chi connectivity index (χ0v) is 19.3. The third kappa shape index (κ3) is 7.53.